The Morgan fingerprint density at radius 3 is 2.28 bits per heavy atom. The average molecular weight is 474 g/mol. The first kappa shape index (κ1) is 24.6. The molecule has 1 aliphatic rings. The van der Waals surface area contributed by atoms with Crippen molar-refractivity contribution >= 4 is 40.2 Å². The number of nitrogens with one attached hydrogen (secondary N) is 1. The predicted molar refractivity (Wildman–Crippen MR) is 106 cm³/mol. The van der Waals surface area contributed by atoms with Gasteiger partial charge in [0.25, 0.3) is 0 Å². The molecule has 10 nitrogen and oxygen atoms in total. The molecule has 172 valence electrons. The van der Waals surface area contributed by atoms with Gasteiger partial charge in [-0.1, -0.05) is 11.3 Å². The van der Waals surface area contributed by atoms with Crippen LogP contribution >= 0.6 is 11.3 Å². The number of carboxylic acids is 2. The number of carbonyl (C=O) groups is 3. The fourth-order valence-corrected chi connectivity index (χ4v) is 3.33. The fraction of sp³-hybridized carbons (Fsp3) is 0.278. The molecule has 1 unspecified atom stereocenters. The second-order valence-electron chi connectivity index (χ2n) is 6.41. The number of esters is 1. The van der Waals surface area contributed by atoms with Gasteiger partial charge in [-0.2, -0.15) is 13.2 Å². The Labute approximate surface area is 182 Å². The van der Waals surface area contributed by atoms with Crippen molar-refractivity contribution in [3.8, 4) is 5.75 Å². The summed E-state index contributed by atoms with van der Waals surface area (Å²) >= 11 is 1.17. The third kappa shape index (κ3) is 6.66. The Balaban J connectivity index is 0.000000451. The van der Waals surface area contributed by atoms with Crippen LogP contribution in [0, 0.1) is 11.3 Å². The number of aliphatic carboxylic acids is 2. The highest BCUT2D eigenvalue weighted by atomic mass is 32.1. The SMILES string of the molecule is N=C(N)c1ccc(OC(=O)c2cnc(N3CCC(C(=O)O)C3)s2)cc1.O=C(O)C(F)(F)F. The standard InChI is InChI=1S/C16H16N4O4S.C2HF3O2/c17-13(18)9-1-3-11(4-2-9)24-15(23)12-7-19-16(25-12)20-6-5-10(8-20)14(21)22;3-2(4,5)1(6)7/h1-4,7,10H,5-6,8H2,(H3,17,18)(H,21,22);(H,6,7). The fourth-order valence-electron chi connectivity index (χ4n) is 2.50. The summed E-state index contributed by atoms with van der Waals surface area (Å²) < 4.78 is 37.0. The molecule has 2 aromatic rings. The maximum absolute atomic E-state index is 12.2. The van der Waals surface area contributed by atoms with Gasteiger partial charge < -0.3 is 25.6 Å². The number of amidine groups is 1. The second kappa shape index (κ2) is 10.1. The molecule has 0 radical (unpaired) electrons. The van der Waals surface area contributed by atoms with Crippen LogP contribution in [0.3, 0.4) is 0 Å². The molecule has 1 aromatic carbocycles. The number of thiazole rings is 1. The topological polar surface area (TPSA) is 167 Å². The number of benzene rings is 1. The number of rotatable bonds is 5. The summed E-state index contributed by atoms with van der Waals surface area (Å²) in [6, 6.07) is 6.32. The smallest absolute Gasteiger partial charge is 0.481 e. The number of carboxylic acid groups (broad SMARTS) is 2. The van der Waals surface area contributed by atoms with E-state index in [9.17, 15) is 22.8 Å². The number of nitrogens with two attached hydrogens (primary N) is 1. The lowest BCUT2D eigenvalue weighted by Crippen LogP contribution is -2.22. The number of alkyl halides is 3. The largest absolute Gasteiger partial charge is 0.490 e. The van der Waals surface area contributed by atoms with Gasteiger partial charge in [0.15, 0.2) is 5.13 Å². The van der Waals surface area contributed by atoms with E-state index in [0.717, 1.165) is 0 Å². The van der Waals surface area contributed by atoms with Crippen molar-refractivity contribution < 1.29 is 42.5 Å². The van der Waals surface area contributed by atoms with Gasteiger partial charge in [-0.25, -0.2) is 14.6 Å². The number of ether oxygens (including phenoxy) is 1. The first-order valence-electron chi connectivity index (χ1n) is 8.78. The zero-order valence-corrected chi connectivity index (χ0v) is 16.9. The van der Waals surface area contributed by atoms with E-state index in [2.05, 4.69) is 4.98 Å². The highest BCUT2D eigenvalue weighted by molar-refractivity contribution is 7.17. The van der Waals surface area contributed by atoms with Crippen LogP contribution in [-0.4, -0.2) is 58.2 Å². The molecule has 3 rings (SSSR count). The molecule has 32 heavy (non-hydrogen) atoms. The monoisotopic (exact) mass is 474 g/mol. The first-order chi connectivity index (χ1) is 14.9. The molecule has 1 saturated heterocycles. The third-order valence-electron chi connectivity index (χ3n) is 4.12. The summed E-state index contributed by atoms with van der Waals surface area (Å²) in [5.41, 5.74) is 5.92. The van der Waals surface area contributed by atoms with Gasteiger partial charge in [0, 0.05) is 18.7 Å². The number of halogens is 3. The Hall–Kier alpha value is -3.68. The van der Waals surface area contributed by atoms with Gasteiger partial charge in [0.1, 0.15) is 16.5 Å². The molecule has 5 N–H and O–H groups in total. The lowest BCUT2D eigenvalue weighted by molar-refractivity contribution is -0.192. The van der Waals surface area contributed by atoms with E-state index in [1.54, 1.807) is 24.3 Å². The maximum atomic E-state index is 12.2. The Morgan fingerprint density at radius 2 is 1.81 bits per heavy atom. The van der Waals surface area contributed by atoms with Crippen molar-refractivity contribution in [1.29, 1.82) is 5.41 Å². The van der Waals surface area contributed by atoms with Crippen LogP contribution in [0.15, 0.2) is 30.5 Å². The van der Waals surface area contributed by atoms with E-state index in [-0.39, 0.29) is 5.84 Å². The summed E-state index contributed by atoms with van der Waals surface area (Å²) in [6.07, 6.45) is -3.09. The number of hydrogen-bond acceptors (Lipinski definition) is 8. The maximum Gasteiger partial charge on any atom is 0.490 e. The summed E-state index contributed by atoms with van der Waals surface area (Å²) in [5, 5.41) is 24.1. The summed E-state index contributed by atoms with van der Waals surface area (Å²) in [7, 11) is 0. The van der Waals surface area contributed by atoms with E-state index in [0.29, 0.717) is 40.8 Å². The van der Waals surface area contributed by atoms with Crippen molar-refractivity contribution in [2.45, 2.75) is 12.6 Å². The minimum atomic E-state index is -5.08. The molecule has 1 atom stereocenters. The number of anilines is 1. The Bertz CT molecular complexity index is 1010. The number of nitrogen functional groups attached to an aromatic ring is 1. The van der Waals surface area contributed by atoms with Crippen LogP contribution in [0.1, 0.15) is 21.7 Å². The minimum absolute atomic E-state index is 0.0600. The molecule has 1 fully saturated rings. The summed E-state index contributed by atoms with van der Waals surface area (Å²) in [5.74, 6) is -4.22. The second-order valence-corrected chi connectivity index (χ2v) is 7.42. The summed E-state index contributed by atoms with van der Waals surface area (Å²) in [6.45, 7) is 0.995. The quantitative estimate of drug-likeness (QED) is 0.220. The molecule has 1 aliphatic heterocycles. The van der Waals surface area contributed by atoms with Gasteiger partial charge in [0.05, 0.1) is 12.1 Å². The molecule has 0 amide bonds. The van der Waals surface area contributed by atoms with Crippen LogP contribution in [-0.2, 0) is 9.59 Å². The van der Waals surface area contributed by atoms with Crippen LogP contribution in [0.5, 0.6) is 5.75 Å². The number of aromatic nitrogens is 1. The molecular weight excluding hydrogens is 457 g/mol. The Kier molecular flexibility index (Phi) is 7.75. The van der Waals surface area contributed by atoms with E-state index in [1.807, 2.05) is 4.90 Å². The summed E-state index contributed by atoms with van der Waals surface area (Å²) in [4.78, 5) is 38.5. The number of nitrogens with zero attached hydrogens (tertiary/aromatic N) is 2. The molecule has 1 aromatic heterocycles. The molecule has 2 heterocycles. The molecule has 14 heteroatoms. The molecule has 0 bridgehead atoms. The number of carbonyl (C=O) groups excluding carboxylic acids is 1. The van der Waals surface area contributed by atoms with Gasteiger partial charge in [-0.15, -0.1) is 0 Å². The van der Waals surface area contributed by atoms with Gasteiger partial charge in [-0.3, -0.25) is 10.2 Å². The number of hydrogen-bond donors (Lipinski definition) is 4. The lowest BCUT2D eigenvalue weighted by atomic mass is 10.1. The predicted octanol–water partition coefficient (Wildman–Crippen LogP) is 2.19. The van der Waals surface area contributed by atoms with E-state index < -0.39 is 30.0 Å². The van der Waals surface area contributed by atoms with Crippen LogP contribution in [0.4, 0.5) is 18.3 Å². The van der Waals surface area contributed by atoms with E-state index in [4.69, 9.17) is 30.9 Å². The highest BCUT2D eigenvalue weighted by Crippen LogP contribution is 2.29. The minimum Gasteiger partial charge on any atom is -0.481 e. The zero-order valence-electron chi connectivity index (χ0n) is 16.1. The molecule has 0 spiro atoms. The molecular formula is C18H17F3N4O6S. The van der Waals surface area contributed by atoms with Gasteiger partial charge in [-0.05, 0) is 30.7 Å². The Morgan fingerprint density at radius 1 is 1.22 bits per heavy atom. The van der Waals surface area contributed by atoms with Crippen LogP contribution in [0.25, 0.3) is 0 Å². The van der Waals surface area contributed by atoms with Crippen molar-refractivity contribution in [3.05, 3.63) is 40.9 Å². The zero-order chi connectivity index (χ0) is 24.1. The average Bonchev–Trinajstić information content (AvgIpc) is 3.38. The normalized spacial score (nSPS) is 15.5. The van der Waals surface area contributed by atoms with Crippen LogP contribution < -0.4 is 15.4 Å². The van der Waals surface area contributed by atoms with Gasteiger partial charge >= 0.3 is 24.1 Å². The van der Waals surface area contributed by atoms with Crippen LogP contribution in [0.2, 0.25) is 0 Å². The third-order valence-corrected chi connectivity index (χ3v) is 5.16. The van der Waals surface area contributed by atoms with Crippen molar-refractivity contribution in [1.82, 2.24) is 4.98 Å². The van der Waals surface area contributed by atoms with E-state index >= 15 is 0 Å². The first-order valence-corrected chi connectivity index (χ1v) is 9.60. The van der Waals surface area contributed by atoms with Crippen molar-refractivity contribution in [3.63, 3.8) is 0 Å². The molecule has 0 aliphatic carbocycles. The van der Waals surface area contributed by atoms with E-state index in [1.165, 1.54) is 17.5 Å². The molecule has 0 saturated carbocycles. The van der Waals surface area contributed by atoms with Gasteiger partial charge in [0.2, 0.25) is 0 Å². The lowest BCUT2D eigenvalue weighted by Gasteiger charge is -2.13. The highest BCUT2D eigenvalue weighted by Gasteiger charge is 2.38. The van der Waals surface area contributed by atoms with Crippen molar-refractivity contribution in [2.24, 2.45) is 11.7 Å². The van der Waals surface area contributed by atoms with Crippen molar-refractivity contribution in [2.75, 3.05) is 18.0 Å².